The van der Waals surface area contributed by atoms with E-state index in [4.69, 9.17) is 0 Å². The van der Waals surface area contributed by atoms with Crippen molar-refractivity contribution in [3.8, 4) is 0 Å². The zero-order chi connectivity index (χ0) is 10.4. The van der Waals surface area contributed by atoms with Gasteiger partial charge in [0, 0.05) is 4.48 Å². The number of hydrogen-bond acceptors (Lipinski definition) is 0. The standard InChI is InChI=1S/C12H19Br/c1-6-10(4)11(5)7-8-12(13)9(2)3/h7-8,10H,2,6H2,1,3-5H3. The minimum atomic E-state index is 0.668. The Morgan fingerprint density at radius 2 is 1.92 bits per heavy atom. The smallest absolute Gasteiger partial charge is 0.0198 e. The van der Waals surface area contributed by atoms with Crippen molar-refractivity contribution in [2.75, 3.05) is 0 Å². The molecule has 0 spiro atoms. The van der Waals surface area contributed by atoms with Crippen LogP contribution in [0, 0.1) is 5.92 Å². The summed E-state index contributed by atoms with van der Waals surface area (Å²) in [5.74, 6) is 0.668. The lowest BCUT2D eigenvalue weighted by Gasteiger charge is -2.07. The van der Waals surface area contributed by atoms with E-state index in [0.29, 0.717) is 5.92 Å². The highest BCUT2D eigenvalue weighted by molar-refractivity contribution is 9.12. The molecule has 0 bridgehead atoms. The molecule has 0 radical (unpaired) electrons. The van der Waals surface area contributed by atoms with E-state index in [9.17, 15) is 0 Å². The van der Waals surface area contributed by atoms with Crippen molar-refractivity contribution in [1.82, 2.24) is 0 Å². The molecular formula is C12H19Br. The van der Waals surface area contributed by atoms with Gasteiger partial charge >= 0.3 is 0 Å². The molecule has 0 saturated carbocycles. The van der Waals surface area contributed by atoms with Crippen LogP contribution in [0.25, 0.3) is 0 Å². The van der Waals surface area contributed by atoms with Gasteiger partial charge in [-0.1, -0.05) is 48.0 Å². The first-order chi connectivity index (χ1) is 5.99. The molecule has 0 aromatic rings. The molecule has 0 saturated heterocycles. The molecule has 0 aliphatic rings. The monoisotopic (exact) mass is 242 g/mol. The normalized spacial score (nSPS) is 15.8. The van der Waals surface area contributed by atoms with Gasteiger partial charge in [-0.05, 0) is 37.8 Å². The molecule has 0 amide bonds. The van der Waals surface area contributed by atoms with E-state index in [1.165, 1.54) is 12.0 Å². The van der Waals surface area contributed by atoms with Gasteiger partial charge in [-0.2, -0.15) is 0 Å². The van der Waals surface area contributed by atoms with E-state index >= 15 is 0 Å². The quantitative estimate of drug-likeness (QED) is 0.620. The van der Waals surface area contributed by atoms with Gasteiger partial charge in [0.2, 0.25) is 0 Å². The van der Waals surface area contributed by atoms with Gasteiger partial charge in [-0.25, -0.2) is 0 Å². The summed E-state index contributed by atoms with van der Waals surface area (Å²) in [7, 11) is 0. The minimum Gasteiger partial charge on any atom is -0.0950 e. The number of halogens is 1. The van der Waals surface area contributed by atoms with Crippen molar-refractivity contribution in [3.05, 3.63) is 34.4 Å². The fourth-order valence-electron chi connectivity index (χ4n) is 0.833. The Hall–Kier alpha value is -0.300. The predicted octanol–water partition coefficient (Wildman–Crippen LogP) is 4.83. The average Bonchev–Trinajstić information content (AvgIpc) is 2.11. The Balaban J connectivity index is 4.41. The van der Waals surface area contributed by atoms with Crippen LogP contribution < -0.4 is 0 Å². The van der Waals surface area contributed by atoms with Gasteiger partial charge < -0.3 is 0 Å². The highest BCUT2D eigenvalue weighted by atomic mass is 79.9. The summed E-state index contributed by atoms with van der Waals surface area (Å²) < 4.78 is 1.08. The van der Waals surface area contributed by atoms with Crippen LogP contribution in [0.4, 0.5) is 0 Å². The molecule has 13 heavy (non-hydrogen) atoms. The molecule has 0 fully saturated rings. The summed E-state index contributed by atoms with van der Waals surface area (Å²) in [5, 5.41) is 0. The third-order valence-electron chi connectivity index (χ3n) is 2.29. The lowest BCUT2D eigenvalue weighted by Crippen LogP contribution is -1.92. The van der Waals surface area contributed by atoms with Crippen molar-refractivity contribution in [2.24, 2.45) is 5.92 Å². The number of allylic oxidation sites excluding steroid dienone is 5. The maximum absolute atomic E-state index is 3.85. The van der Waals surface area contributed by atoms with Crippen LogP contribution >= 0.6 is 15.9 Å². The Morgan fingerprint density at radius 1 is 1.38 bits per heavy atom. The minimum absolute atomic E-state index is 0.668. The molecule has 1 atom stereocenters. The van der Waals surface area contributed by atoms with Crippen LogP contribution in [-0.4, -0.2) is 0 Å². The third-order valence-corrected chi connectivity index (χ3v) is 3.23. The summed E-state index contributed by atoms with van der Waals surface area (Å²) in [6.45, 7) is 12.5. The lowest BCUT2D eigenvalue weighted by molar-refractivity contribution is 0.655. The highest BCUT2D eigenvalue weighted by Gasteiger charge is 1.99. The Bertz CT molecular complexity index is 234. The third kappa shape index (κ3) is 5.09. The zero-order valence-corrected chi connectivity index (χ0v) is 10.6. The first kappa shape index (κ1) is 12.7. The molecule has 0 aliphatic carbocycles. The predicted molar refractivity (Wildman–Crippen MR) is 65.0 cm³/mol. The van der Waals surface area contributed by atoms with Crippen LogP contribution in [0.15, 0.2) is 34.4 Å². The Labute approximate surface area is 90.6 Å². The summed E-state index contributed by atoms with van der Waals surface area (Å²) in [4.78, 5) is 0. The van der Waals surface area contributed by atoms with Gasteiger partial charge in [-0.15, -0.1) is 0 Å². The van der Waals surface area contributed by atoms with Crippen molar-refractivity contribution >= 4 is 15.9 Å². The van der Waals surface area contributed by atoms with Crippen LogP contribution in [0.3, 0.4) is 0 Å². The van der Waals surface area contributed by atoms with Gasteiger partial charge in [0.1, 0.15) is 0 Å². The van der Waals surface area contributed by atoms with Gasteiger partial charge in [-0.3, -0.25) is 0 Å². The summed E-state index contributed by atoms with van der Waals surface area (Å²) in [6.07, 6.45) is 5.43. The van der Waals surface area contributed by atoms with Crippen LogP contribution in [-0.2, 0) is 0 Å². The van der Waals surface area contributed by atoms with Crippen molar-refractivity contribution in [1.29, 1.82) is 0 Å². The van der Waals surface area contributed by atoms with Gasteiger partial charge in [0.05, 0.1) is 0 Å². The molecule has 0 nitrogen and oxygen atoms in total. The maximum atomic E-state index is 3.85. The van der Waals surface area contributed by atoms with Crippen LogP contribution in [0.5, 0.6) is 0 Å². The zero-order valence-electron chi connectivity index (χ0n) is 9.02. The largest absolute Gasteiger partial charge is 0.0950 e. The second kappa shape index (κ2) is 6.20. The molecule has 74 valence electrons. The van der Waals surface area contributed by atoms with E-state index in [1.54, 1.807) is 0 Å². The summed E-state index contributed by atoms with van der Waals surface area (Å²) in [6, 6.07) is 0. The first-order valence-corrected chi connectivity index (χ1v) is 5.48. The first-order valence-electron chi connectivity index (χ1n) is 4.68. The lowest BCUT2D eigenvalue weighted by atomic mass is 10.00. The van der Waals surface area contributed by atoms with Gasteiger partial charge in [0.15, 0.2) is 0 Å². The second-order valence-electron chi connectivity index (χ2n) is 3.51. The maximum Gasteiger partial charge on any atom is 0.0198 e. The van der Waals surface area contributed by atoms with Crippen LogP contribution in [0.1, 0.15) is 34.1 Å². The highest BCUT2D eigenvalue weighted by Crippen LogP contribution is 2.17. The molecule has 0 aromatic heterocycles. The molecule has 1 unspecified atom stereocenters. The van der Waals surface area contributed by atoms with E-state index < -0.39 is 0 Å². The van der Waals surface area contributed by atoms with Crippen molar-refractivity contribution < 1.29 is 0 Å². The van der Waals surface area contributed by atoms with Gasteiger partial charge in [0.25, 0.3) is 0 Å². The molecule has 0 aliphatic heterocycles. The SMILES string of the molecule is C=C(C)C(Br)=CC=C(C)C(C)CC. The van der Waals surface area contributed by atoms with E-state index in [-0.39, 0.29) is 0 Å². The van der Waals surface area contributed by atoms with Crippen molar-refractivity contribution in [3.63, 3.8) is 0 Å². The fourth-order valence-corrected chi connectivity index (χ4v) is 0.965. The summed E-state index contributed by atoms with van der Waals surface area (Å²) >= 11 is 3.46. The Morgan fingerprint density at radius 3 is 2.31 bits per heavy atom. The Kier molecular flexibility index (Phi) is 6.06. The van der Waals surface area contributed by atoms with Crippen LogP contribution in [0.2, 0.25) is 0 Å². The topological polar surface area (TPSA) is 0 Å². The fraction of sp³-hybridized carbons (Fsp3) is 0.500. The number of rotatable bonds is 4. The molecule has 0 N–H and O–H groups in total. The van der Waals surface area contributed by atoms with E-state index in [0.717, 1.165) is 10.1 Å². The molecule has 0 rings (SSSR count). The molecule has 0 aromatic carbocycles. The molecule has 0 heterocycles. The molecule has 1 heteroatoms. The van der Waals surface area contributed by atoms with E-state index in [1.807, 2.05) is 6.92 Å². The number of hydrogen-bond donors (Lipinski definition) is 0. The van der Waals surface area contributed by atoms with E-state index in [2.05, 4.69) is 55.4 Å². The average molecular weight is 243 g/mol. The second-order valence-corrected chi connectivity index (χ2v) is 4.37. The molecular weight excluding hydrogens is 224 g/mol. The summed E-state index contributed by atoms with van der Waals surface area (Å²) in [5.41, 5.74) is 2.48. The van der Waals surface area contributed by atoms with Crippen molar-refractivity contribution in [2.45, 2.75) is 34.1 Å².